The molecule has 0 spiro atoms. The van der Waals surface area contributed by atoms with Crippen molar-refractivity contribution in [3.8, 4) is 0 Å². The first kappa shape index (κ1) is 14.7. The van der Waals surface area contributed by atoms with E-state index in [4.69, 9.17) is 0 Å². The molecule has 0 saturated carbocycles. The lowest BCUT2D eigenvalue weighted by molar-refractivity contribution is -0.384. The van der Waals surface area contributed by atoms with Crippen LogP contribution in [0.3, 0.4) is 0 Å². The highest BCUT2D eigenvalue weighted by atomic mass is 79.9. The van der Waals surface area contributed by atoms with E-state index >= 15 is 0 Å². The van der Waals surface area contributed by atoms with E-state index in [1.165, 1.54) is 12.3 Å². The first-order chi connectivity index (χ1) is 9.52. The Kier molecular flexibility index (Phi) is 4.53. The zero-order chi connectivity index (χ0) is 14.7. The molecule has 1 N–H and O–H groups in total. The molecule has 1 unspecified atom stereocenters. The van der Waals surface area contributed by atoms with E-state index in [9.17, 15) is 14.9 Å². The van der Waals surface area contributed by atoms with E-state index < -0.39 is 4.92 Å². The minimum absolute atomic E-state index is 0.0329. The van der Waals surface area contributed by atoms with Crippen LogP contribution in [0.5, 0.6) is 0 Å². The minimum atomic E-state index is -0.448. The fraction of sp³-hybridized carbons (Fsp3) is 0.500. The maximum atomic E-state index is 11.7. The summed E-state index contributed by atoms with van der Waals surface area (Å²) in [5.41, 5.74) is -0.0445. The SMILES string of the molecule is CNC(=O)C1CCCN(c2ncc(Br)cc2[N+](=O)[O-])C1. The van der Waals surface area contributed by atoms with E-state index in [1.54, 1.807) is 7.05 Å². The third kappa shape index (κ3) is 3.06. The molecule has 1 aromatic rings. The summed E-state index contributed by atoms with van der Waals surface area (Å²) in [7, 11) is 1.60. The van der Waals surface area contributed by atoms with E-state index in [2.05, 4.69) is 26.2 Å². The Morgan fingerprint density at radius 1 is 1.65 bits per heavy atom. The highest BCUT2D eigenvalue weighted by Gasteiger charge is 2.29. The fourth-order valence-corrected chi connectivity index (χ4v) is 2.71. The molecule has 1 amide bonds. The van der Waals surface area contributed by atoms with Gasteiger partial charge in [0.1, 0.15) is 0 Å². The molecule has 1 saturated heterocycles. The van der Waals surface area contributed by atoms with Gasteiger partial charge in [0.2, 0.25) is 11.7 Å². The maximum absolute atomic E-state index is 11.7. The molecule has 20 heavy (non-hydrogen) atoms. The summed E-state index contributed by atoms with van der Waals surface area (Å²) < 4.78 is 0.563. The Hall–Kier alpha value is -1.70. The zero-order valence-corrected chi connectivity index (χ0v) is 12.6. The normalized spacial score (nSPS) is 18.7. The Morgan fingerprint density at radius 2 is 2.40 bits per heavy atom. The molecule has 1 aliphatic rings. The Labute approximate surface area is 124 Å². The van der Waals surface area contributed by atoms with Crippen LogP contribution in [0.2, 0.25) is 0 Å². The van der Waals surface area contributed by atoms with Gasteiger partial charge in [-0.05, 0) is 28.8 Å². The molecule has 8 heteroatoms. The monoisotopic (exact) mass is 342 g/mol. The highest BCUT2D eigenvalue weighted by molar-refractivity contribution is 9.10. The molecule has 1 aromatic heterocycles. The maximum Gasteiger partial charge on any atom is 0.312 e. The molecule has 0 radical (unpaired) electrons. The summed E-state index contributed by atoms with van der Waals surface area (Å²) in [5.74, 6) is 0.139. The van der Waals surface area contributed by atoms with Crippen LogP contribution in [-0.2, 0) is 4.79 Å². The number of anilines is 1. The third-order valence-electron chi connectivity index (χ3n) is 3.35. The fourth-order valence-electron chi connectivity index (χ4n) is 2.39. The van der Waals surface area contributed by atoms with Crippen molar-refractivity contribution >= 4 is 33.3 Å². The van der Waals surface area contributed by atoms with Gasteiger partial charge in [-0.1, -0.05) is 0 Å². The van der Waals surface area contributed by atoms with Gasteiger partial charge in [0.25, 0.3) is 0 Å². The molecule has 2 rings (SSSR count). The van der Waals surface area contributed by atoms with Gasteiger partial charge in [0.05, 0.1) is 10.8 Å². The number of piperidine rings is 1. The van der Waals surface area contributed by atoms with Crippen LogP contribution in [-0.4, -0.2) is 36.0 Å². The van der Waals surface area contributed by atoms with Crippen molar-refractivity contribution in [2.45, 2.75) is 12.8 Å². The smallest absolute Gasteiger partial charge is 0.312 e. The standard InChI is InChI=1S/C12H15BrN4O3/c1-14-12(18)8-3-2-4-16(7-8)11-10(17(19)20)5-9(13)6-15-11/h5-6,8H,2-4,7H2,1H3,(H,14,18). The molecule has 0 aliphatic carbocycles. The van der Waals surface area contributed by atoms with Crippen molar-refractivity contribution in [3.05, 3.63) is 26.9 Å². The molecule has 1 fully saturated rings. The molecule has 0 bridgehead atoms. The average Bonchev–Trinajstić information content (AvgIpc) is 2.46. The van der Waals surface area contributed by atoms with E-state index in [0.717, 1.165) is 12.8 Å². The van der Waals surface area contributed by atoms with Crippen LogP contribution >= 0.6 is 15.9 Å². The van der Waals surface area contributed by atoms with Crippen molar-refractivity contribution in [1.82, 2.24) is 10.3 Å². The zero-order valence-electron chi connectivity index (χ0n) is 11.0. The summed E-state index contributed by atoms with van der Waals surface area (Å²) in [6.45, 7) is 1.12. The van der Waals surface area contributed by atoms with Crippen LogP contribution < -0.4 is 10.2 Å². The number of carbonyl (C=O) groups is 1. The van der Waals surface area contributed by atoms with Crippen LogP contribution in [0.4, 0.5) is 11.5 Å². The van der Waals surface area contributed by atoms with Gasteiger partial charge in [-0.3, -0.25) is 14.9 Å². The lowest BCUT2D eigenvalue weighted by atomic mass is 9.97. The van der Waals surface area contributed by atoms with Gasteiger partial charge in [0, 0.05) is 36.9 Å². The molecular weight excluding hydrogens is 328 g/mol. The number of rotatable bonds is 3. The van der Waals surface area contributed by atoms with Crippen molar-refractivity contribution in [3.63, 3.8) is 0 Å². The Bertz CT molecular complexity index is 537. The van der Waals surface area contributed by atoms with E-state index in [-0.39, 0.29) is 17.5 Å². The average molecular weight is 343 g/mol. The topological polar surface area (TPSA) is 88.4 Å². The van der Waals surface area contributed by atoms with Gasteiger partial charge in [-0.25, -0.2) is 4.98 Å². The first-order valence-electron chi connectivity index (χ1n) is 6.29. The molecule has 1 atom stereocenters. The molecular formula is C12H15BrN4O3. The summed E-state index contributed by atoms with van der Waals surface area (Å²) in [6.07, 6.45) is 3.14. The number of amides is 1. The van der Waals surface area contributed by atoms with Crippen LogP contribution in [0, 0.1) is 16.0 Å². The van der Waals surface area contributed by atoms with E-state index in [0.29, 0.717) is 23.4 Å². The lowest BCUT2D eigenvalue weighted by Crippen LogP contribution is -2.42. The first-order valence-corrected chi connectivity index (χ1v) is 7.08. The Balaban J connectivity index is 2.27. The molecule has 0 aromatic carbocycles. The van der Waals surface area contributed by atoms with Crippen molar-refractivity contribution in [2.75, 3.05) is 25.0 Å². The van der Waals surface area contributed by atoms with Crippen molar-refractivity contribution < 1.29 is 9.72 Å². The number of pyridine rings is 1. The molecule has 2 heterocycles. The molecule has 1 aliphatic heterocycles. The highest BCUT2D eigenvalue weighted by Crippen LogP contribution is 2.31. The van der Waals surface area contributed by atoms with Crippen molar-refractivity contribution in [2.24, 2.45) is 5.92 Å². The second-order valence-electron chi connectivity index (χ2n) is 4.65. The van der Waals surface area contributed by atoms with Crippen LogP contribution in [0.15, 0.2) is 16.7 Å². The van der Waals surface area contributed by atoms with Gasteiger partial charge in [0.15, 0.2) is 0 Å². The van der Waals surface area contributed by atoms with Gasteiger partial charge in [-0.15, -0.1) is 0 Å². The number of hydrogen-bond acceptors (Lipinski definition) is 5. The predicted molar refractivity (Wildman–Crippen MR) is 77.6 cm³/mol. The van der Waals surface area contributed by atoms with Gasteiger partial charge < -0.3 is 10.2 Å². The second kappa shape index (κ2) is 6.17. The quantitative estimate of drug-likeness (QED) is 0.667. The van der Waals surface area contributed by atoms with Gasteiger partial charge in [-0.2, -0.15) is 0 Å². The second-order valence-corrected chi connectivity index (χ2v) is 5.57. The number of nitrogens with zero attached hydrogens (tertiary/aromatic N) is 3. The predicted octanol–water partition coefficient (Wildman–Crippen LogP) is 1.71. The number of nitro groups is 1. The minimum Gasteiger partial charge on any atom is -0.359 e. The van der Waals surface area contributed by atoms with Crippen LogP contribution in [0.1, 0.15) is 12.8 Å². The van der Waals surface area contributed by atoms with Crippen molar-refractivity contribution in [1.29, 1.82) is 0 Å². The summed E-state index contributed by atoms with van der Waals surface area (Å²) >= 11 is 3.19. The summed E-state index contributed by atoms with van der Waals surface area (Å²) in [6, 6.07) is 1.44. The van der Waals surface area contributed by atoms with Crippen LogP contribution in [0.25, 0.3) is 0 Å². The lowest BCUT2D eigenvalue weighted by Gasteiger charge is -2.32. The summed E-state index contributed by atoms with van der Waals surface area (Å²) in [4.78, 5) is 28.4. The summed E-state index contributed by atoms with van der Waals surface area (Å²) in [5, 5.41) is 13.8. The van der Waals surface area contributed by atoms with Gasteiger partial charge >= 0.3 is 5.69 Å². The third-order valence-corrected chi connectivity index (χ3v) is 3.78. The molecule has 108 valence electrons. The van der Waals surface area contributed by atoms with E-state index in [1.807, 2.05) is 4.90 Å². The number of hydrogen-bond donors (Lipinski definition) is 1. The number of carbonyl (C=O) groups excluding carboxylic acids is 1. The number of aromatic nitrogens is 1. The number of halogens is 1. The Morgan fingerprint density at radius 3 is 3.05 bits per heavy atom. The largest absolute Gasteiger partial charge is 0.359 e. The molecule has 7 nitrogen and oxygen atoms in total. The number of nitrogens with one attached hydrogen (secondary N) is 1.